The molecule has 0 aliphatic rings. The summed E-state index contributed by atoms with van der Waals surface area (Å²) in [6.07, 6.45) is 4.39. The molecule has 1 amide bonds. The molecule has 4 nitrogen and oxygen atoms in total. The molecule has 2 N–H and O–H groups in total. The quantitative estimate of drug-likeness (QED) is 0.508. The summed E-state index contributed by atoms with van der Waals surface area (Å²) in [5.41, 5.74) is 5.95. The number of hydrogen-bond donors (Lipinski definition) is 2. The molecule has 0 rings (SSSR count). The van der Waals surface area contributed by atoms with Crippen LogP contribution in [0.25, 0.3) is 0 Å². The van der Waals surface area contributed by atoms with Crippen LogP contribution >= 0.6 is 0 Å². The first-order chi connectivity index (χ1) is 7.93. The molecule has 0 aromatic rings. The Morgan fingerprint density at radius 1 is 1.00 bits per heavy atom. The van der Waals surface area contributed by atoms with E-state index >= 15 is 0 Å². The molecule has 0 aromatic carbocycles. The van der Waals surface area contributed by atoms with Crippen molar-refractivity contribution in [2.45, 2.75) is 60.3 Å². The number of unbranched alkanes of at least 4 members (excludes halogenated alkanes) is 2. The Kier molecular flexibility index (Phi) is 8.17. The van der Waals surface area contributed by atoms with Crippen LogP contribution in [0.2, 0.25) is 0 Å². The molecule has 0 aliphatic carbocycles. The summed E-state index contributed by atoms with van der Waals surface area (Å²) in [4.78, 5) is 12.2. The molecular formula is C13H29N3O. The summed E-state index contributed by atoms with van der Waals surface area (Å²) in [6.45, 7) is 11.8. The maximum absolute atomic E-state index is 12.2. The summed E-state index contributed by atoms with van der Waals surface area (Å²) in [6, 6.07) is 0. The van der Waals surface area contributed by atoms with Crippen LogP contribution in [0.5, 0.6) is 0 Å². The zero-order chi connectivity index (χ0) is 13.3. The van der Waals surface area contributed by atoms with Gasteiger partial charge in [-0.3, -0.25) is 4.79 Å². The molecule has 0 unspecified atom stereocenters. The van der Waals surface area contributed by atoms with Gasteiger partial charge in [-0.05, 0) is 12.8 Å². The average molecular weight is 243 g/mol. The van der Waals surface area contributed by atoms with Crippen molar-refractivity contribution in [3.63, 3.8) is 0 Å². The number of hydrazine groups is 2. The van der Waals surface area contributed by atoms with Gasteiger partial charge in [-0.2, -0.15) is 0 Å². The van der Waals surface area contributed by atoms with Gasteiger partial charge in [0.1, 0.15) is 0 Å². The summed E-state index contributed by atoms with van der Waals surface area (Å²) >= 11 is 0. The Morgan fingerprint density at radius 3 is 1.71 bits per heavy atom. The average Bonchev–Trinajstić information content (AvgIpc) is 2.25. The van der Waals surface area contributed by atoms with Crippen molar-refractivity contribution in [2.75, 3.05) is 13.1 Å². The van der Waals surface area contributed by atoms with Crippen LogP contribution in [-0.2, 0) is 4.79 Å². The van der Waals surface area contributed by atoms with Gasteiger partial charge in [0.15, 0.2) is 0 Å². The normalized spacial score (nSPS) is 11.6. The fourth-order valence-corrected chi connectivity index (χ4v) is 1.27. The number of hydrogen-bond acceptors (Lipinski definition) is 3. The number of nitrogens with zero attached hydrogens (tertiary/aromatic N) is 1. The number of carbonyl (C=O) groups is 1. The molecule has 0 radical (unpaired) electrons. The van der Waals surface area contributed by atoms with E-state index in [-0.39, 0.29) is 11.3 Å². The van der Waals surface area contributed by atoms with Crippen molar-refractivity contribution in [1.82, 2.24) is 16.0 Å². The number of rotatable bonds is 8. The third-order valence-corrected chi connectivity index (χ3v) is 2.45. The van der Waals surface area contributed by atoms with Crippen LogP contribution in [0.3, 0.4) is 0 Å². The molecule has 102 valence electrons. The predicted octanol–water partition coefficient (Wildman–Crippen LogP) is 2.47. The number of amides is 1. The Bertz CT molecular complexity index is 201. The Hall–Kier alpha value is -0.610. The fraction of sp³-hybridized carbons (Fsp3) is 0.923. The van der Waals surface area contributed by atoms with Crippen molar-refractivity contribution >= 4 is 5.91 Å². The van der Waals surface area contributed by atoms with E-state index in [9.17, 15) is 4.79 Å². The Labute approximate surface area is 106 Å². The highest BCUT2D eigenvalue weighted by Crippen LogP contribution is 2.15. The monoisotopic (exact) mass is 243 g/mol. The summed E-state index contributed by atoms with van der Waals surface area (Å²) in [5.74, 6) is 0.0877. The second kappa shape index (κ2) is 8.48. The van der Waals surface area contributed by atoms with E-state index in [1.54, 1.807) is 5.12 Å². The first kappa shape index (κ1) is 16.4. The zero-order valence-corrected chi connectivity index (χ0v) is 12.1. The lowest BCUT2D eigenvalue weighted by Gasteiger charge is -2.30. The van der Waals surface area contributed by atoms with Gasteiger partial charge < -0.3 is 0 Å². The highest BCUT2D eigenvalue weighted by Gasteiger charge is 2.27. The fourth-order valence-electron chi connectivity index (χ4n) is 1.27. The molecule has 0 aliphatic heterocycles. The molecule has 4 heteroatoms. The van der Waals surface area contributed by atoms with Crippen molar-refractivity contribution in [3.05, 3.63) is 0 Å². The molecule has 0 saturated carbocycles. The minimum absolute atomic E-state index is 0.0877. The molecule has 0 saturated heterocycles. The lowest BCUT2D eigenvalue weighted by molar-refractivity contribution is -0.147. The molecule has 17 heavy (non-hydrogen) atoms. The highest BCUT2D eigenvalue weighted by molar-refractivity contribution is 5.80. The minimum Gasteiger partial charge on any atom is -0.271 e. The van der Waals surface area contributed by atoms with Crippen LogP contribution in [0.1, 0.15) is 60.3 Å². The van der Waals surface area contributed by atoms with E-state index in [4.69, 9.17) is 0 Å². The third-order valence-electron chi connectivity index (χ3n) is 2.45. The van der Waals surface area contributed by atoms with Gasteiger partial charge in [0.05, 0.1) is 0 Å². The Morgan fingerprint density at radius 2 is 1.41 bits per heavy atom. The van der Waals surface area contributed by atoms with Crippen LogP contribution in [0.15, 0.2) is 0 Å². The SMILES string of the molecule is CCCCNN(NCCCC)C(=O)C(C)(C)C. The van der Waals surface area contributed by atoms with Gasteiger partial charge in [0, 0.05) is 18.5 Å². The minimum atomic E-state index is -0.363. The summed E-state index contributed by atoms with van der Waals surface area (Å²) < 4.78 is 0. The molecule has 0 atom stereocenters. The van der Waals surface area contributed by atoms with Gasteiger partial charge in [0.25, 0.3) is 5.91 Å². The molecule has 0 fully saturated rings. The second-order valence-corrected chi connectivity index (χ2v) is 5.41. The molecule has 0 heterocycles. The number of carbonyl (C=O) groups excluding carboxylic acids is 1. The lowest BCUT2D eigenvalue weighted by atomic mass is 9.96. The molecule has 0 spiro atoms. The van der Waals surface area contributed by atoms with Gasteiger partial charge in [-0.25, -0.2) is 16.0 Å². The zero-order valence-electron chi connectivity index (χ0n) is 12.1. The topological polar surface area (TPSA) is 44.4 Å². The van der Waals surface area contributed by atoms with Crippen LogP contribution in [-0.4, -0.2) is 24.1 Å². The Balaban J connectivity index is 4.23. The first-order valence-electron chi connectivity index (χ1n) is 6.75. The van der Waals surface area contributed by atoms with Crippen molar-refractivity contribution in [3.8, 4) is 0 Å². The van der Waals surface area contributed by atoms with Gasteiger partial charge in [-0.1, -0.05) is 47.5 Å². The predicted molar refractivity (Wildman–Crippen MR) is 72.1 cm³/mol. The standard InChI is InChI=1S/C13H29N3O/c1-6-8-10-14-16(15-11-9-7-2)12(17)13(3,4)5/h14-15H,6-11H2,1-5H3. The van der Waals surface area contributed by atoms with Crippen molar-refractivity contribution < 1.29 is 4.79 Å². The maximum Gasteiger partial charge on any atom is 0.256 e. The summed E-state index contributed by atoms with van der Waals surface area (Å²) in [7, 11) is 0. The van der Waals surface area contributed by atoms with E-state index in [1.165, 1.54) is 0 Å². The lowest BCUT2D eigenvalue weighted by Crippen LogP contribution is -2.55. The first-order valence-corrected chi connectivity index (χ1v) is 6.75. The van der Waals surface area contributed by atoms with Crippen LogP contribution in [0, 0.1) is 5.41 Å². The molecule has 0 bridgehead atoms. The second-order valence-electron chi connectivity index (χ2n) is 5.41. The molecule has 0 aromatic heterocycles. The van der Waals surface area contributed by atoms with Crippen molar-refractivity contribution in [2.24, 2.45) is 5.41 Å². The van der Waals surface area contributed by atoms with E-state index in [2.05, 4.69) is 24.7 Å². The van der Waals surface area contributed by atoms with E-state index in [0.717, 1.165) is 38.8 Å². The van der Waals surface area contributed by atoms with Gasteiger partial charge in [0.2, 0.25) is 0 Å². The molecular weight excluding hydrogens is 214 g/mol. The number of nitrogens with one attached hydrogen (secondary N) is 2. The van der Waals surface area contributed by atoms with Crippen molar-refractivity contribution in [1.29, 1.82) is 0 Å². The van der Waals surface area contributed by atoms with Crippen LogP contribution < -0.4 is 10.9 Å². The van der Waals surface area contributed by atoms with E-state index in [0.29, 0.717) is 0 Å². The van der Waals surface area contributed by atoms with Crippen LogP contribution in [0.4, 0.5) is 0 Å². The van der Waals surface area contributed by atoms with E-state index < -0.39 is 0 Å². The smallest absolute Gasteiger partial charge is 0.256 e. The van der Waals surface area contributed by atoms with E-state index in [1.807, 2.05) is 20.8 Å². The van der Waals surface area contributed by atoms with Gasteiger partial charge >= 0.3 is 0 Å². The largest absolute Gasteiger partial charge is 0.271 e. The summed E-state index contributed by atoms with van der Waals surface area (Å²) in [5, 5.41) is 1.57. The third kappa shape index (κ3) is 7.34. The van der Waals surface area contributed by atoms with Gasteiger partial charge in [-0.15, -0.1) is 0 Å². The highest BCUT2D eigenvalue weighted by atomic mass is 16.2. The maximum atomic E-state index is 12.2.